The van der Waals surface area contributed by atoms with Gasteiger partial charge in [0.25, 0.3) is 0 Å². The Labute approximate surface area is 223 Å². The lowest BCUT2D eigenvalue weighted by molar-refractivity contribution is 0.0512. The molecule has 9 nitrogen and oxygen atoms in total. The zero-order valence-corrected chi connectivity index (χ0v) is 26.5. The minimum absolute atomic E-state index is 0.255. The Morgan fingerprint density at radius 2 is 1.00 bits per heavy atom. The molecular formula is C25H55NO8Si2. The number of hydrogen-bond donors (Lipinski definition) is 1. The molecule has 0 aromatic rings. The summed E-state index contributed by atoms with van der Waals surface area (Å²) >= 11 is 0. The molecule has 0 rings (SSSR count). The molecule has 0 heterocycles. The lowest BCUT2D eigenvalue weighted by Gasteiger charge is -2.30. The first-order chi connectivity index (χ1) is 17.0. The van der Waals surface area contributed by atoms with Crippen LogP contribution in [0.1, 0.15) is 88.0 Å². The average molecular weight is 554 g/mol. The van der Waals surface area contributed by atoms with Gasteiger partial charge in [-0.25, -0.2) is 4.79 Å². The van der Waals surface area contributed by atoms with E-state index in [0.717, 1.165) is 37.8 Å². The van der Waals surface area contributed by atoms with Crippen LogP contribution in [0.4, 0.5) is 4.79 Å². The van der Waals surface area contributed by atoms with Crippen molar-refractivity contribution in [2.45, 2.75) is 106 Å². The van der Waals surface area contributed by atoms with E-state index in [2.05, 4.69) is 5.32 Å². The molecule has 1 N–H and O–H groups in total. The largest absolute Gasteiger partial charge is 0.500 e. The molecule has 0 aromatic carbocycles. The Morgan fingerprint density at radius 1 is 0.667 bits per heavy atom. The van der Waals surface area contributed by atoms with Gasteiger partial charge in [0.05, 0.1) is 0 Å². The number of carbonyl (C=O) groups is 1. The van der Waals surface area contributed by atoms with Crippen molar-refractivity contribution in [2.24, 2.45) is 5.92 Å². The minimum Gasteiger partial charge on any atom is -0.444 e. The topological polar surface area (TPSA) is 93.7 Å². The summed E-state index contributed by atoms with van der Waals surface area (Å²) in [5, 5.41) is 2.96. The summed E-state index contributed by atoms with van der Waals surface area (Å²) in [6.45, 7) is 21.3. The molecule has 0 aliphatic heterocycles. The molecule has 0 aliphatic rings. The van der Waals surface area contributed by atoms with Gasteiger partial charge in [0.15, 0.2) is 0 Å². The maximum absolute atomic E-state index is 12.3. The molecule has 0 aliphatic carbocycles. The molecule has 0 unspecified atom stereocenters. The van der Waals surface area contributed by atoms with Crippen LogP contribution in [0.25, 0.3) is 0 Å². The molecule has 0 atom stereocenters. The highest BCUT2D eigenvalue weighted by Crippen LogP contribution is 2.26. The predicted molar refractivity (Wildman–Crippen MR) is 147 cm³/mol. The van der Waals surface area contributed by atoms with E-state index in [9.17, 15) is 4.79 Å². The summed E-state index contributed by atoms with van der Waals surface area (Å²) < 4.78 is 41.5. The standard InChI is InChI=1S/C25H55NO8Si2/c1-10-28-35(29-11-2,30-12-3)20-16-18-23(22-26-24(27)34-25(7,8)9)19-17-21-36(31-13-4,32-14-5)33-15-6/h23H,10-22H2,1-9H3,(H,26,27). The van der Waals surface area contributed by atoms with Crippen molar-refractivity contribution in [3.8, 4) is 0 Å². The summed E-state index contributed by atoms with van der Waals surface area (Å²) in [7, 11) is -5.39. The molecule has 36 heavy (non-hydrogen) atoms. The molecule has 216 valence electrons. The van der Waals surface area contributed by atoms with E-state index in [1.807, 2.05) is 62.3 Å². The van der Waals surface area contributed by atoms with E-state index in [0.29, 0.717) is 46.2 Å². The monoisotopic (exact) mass is 553 g/mol. The minimum atomic E-state index is -2.70. The molecule has 0 radical (unpaired) electrons. The molecule has 11 heteroatoms. The second kappa shape index (κ2) is 19.5. The number of ether oxygens (including phenoxy) is 1. The molecule has 0 spiro atoms. The summed E-state index contributed by atoms with van der Waals surface area (Å²) in [6, 6.07) is 1.50. The van der Waals surface area contributed by atoms with Crippen LogP contribution in [0.2, 0.25) is 12.1 Å². The van der Waals surface area contributed by atoms with E-state index in [4.69, 9.17) is 31.3 Å². The molecule has 0 saturated heterocycles. The van der Waals surface area contributed by atoms with E-state index < -0.39 is 29.3 Å². The van der Waals surface area contributed by atoms with Crippen LogP contribution in [0, 0.1) is 5.92 Å². The van der Waals surface area contributed by atoms with Gasteiger partial charge in [-0.15, -0.1) is 0 Å². The molecule has 0 aromatic heterocycles. The van der Waals surface area contributed by atoms with E-state index in [1.165, 1.54) is 0 Å². The third-order valence-electron chi connectivity index (χ3n) is 5.31. The fraction of sp³-hybridized carbons (Fsp3) is 0.960. The second-order valence-corrected chi connectivity index (χ2v) is 15.0. The molecule has 0 bridgehead atoms. The fourth-order valence-corrected chi connectivity index (χ4v) is 9.39. The van der Waals surface area contributed by atoms with Crippen molar-refractivity contribution in [3.05, 3.63) is 0 Å². The van der Waals surface area contributed by atoms with Crippen molar-refractivity contribution in [1.29, 1.82) is 0 Å². The van der Waals surface area contributed by atoms with Crippen LogP contribution < -0.4 is 5.32 Å². The first kappa shape index (κ1) is 35.5. The predicted octanol–water partition coefficient (Wildman–Crippen LogP) is 5.78. The summed E-state index contributed by atoms with van der Waals surface area (Å²) in [4.78, 5) is 12.3. The van der Waals surface area contributed by atoms with Gasteiger partial charge in [-0.2, -0.15) is 0 Å². The molecule has 1 amide bonds. The van der Waals surface area contributed by atoms with Crippen molar-refractivity contribution >= 4 is 23.7 Å². The molecular weight excluding hydrogens is 498 g/mol. The number of rotatable bonds is 22. The van der Waals surface area contributed by atoms with Crippen LogP contribution in [-0.4, -0.2) is 75.5 Å². The van der Waals surface area contributed by atoms with Crippen LogP contribution in [0.3, 0.4) is 0 Å². The van der Waals surface area contributed by atoms with Crippen LogP contribution >= 0.6 is 0 Å². The first-order valence-corrected chi connectivity index (χ1v) is 17.7. The van der Waals surface area contributed by atoms with Crippen LogP contribution in [0.15, 0.2) is 0 Å². The lowest BCUT2D eigenvalue weighted by atomic mass is 9.98. The number of carbonyl (C=O) groups excluding carboxylic acids is 1. The van der Waals surface area contributed by atoms with Crippen LogP contribution in [0.5, 0.6) is 0 Å². The summed E-state index contributed by atoms with van der Waals surface area (Å²) in [5.41, 5.74) is -0.533. The second-order valence-electron chi connectivity index (χ2n) is 9.50. The van der Waals surface area contributed by atoms with Gasteiger partial charge < -0.3 is 36.6 Å². The fourth-order valence-electron chi connectivity index (χ4n) is 4.11. The molecule has 0 saturated carbocycles. The van der Waals surface area contributed by atoms with Gasteiger partial charge in [-0.1, -0.05) is 0 Å². The smallest absolute Gasteiger partial charge is 0.444 e. The number of hydrogen-bond acceptors (Lipinski definition) is 8. The lowest BCUT2D eigenvalue weighted by Crippen LogP contribution is -2.46. The van der Waals surface area contributed by atoms with Crippen molar-refractivity contribution in [1.82, 2.24) is 5.32 Å². The van der Waals surface area contributed by atoms with Gasteiger partial charge in [0.1, 0.15) is 5.60 Å². The number of nitrogens with one attached hydrogen (secondary N) is 1. The van der Waals surface area contributed by atoms with Crippen molar-refractivity contribution < 1.29 is 36.1 Å². The Balaban J connectivity index is 5.26. The molecule has 0 fully saturated rings. The Morgan fingerprint density at radius 3 is 1.28 bits per heavy atom. The van der Waals surface area contributed by atoms with Gasteiger partial charge in [-0.05, 0) is 93.9 Å². The number of amides is 1. The average Bonchev–Trinajstić information content (AvgIpc) is 2.77. The SMILES string of the molecule is CCO[Si](CCCC(CCC[Si](OCC)(OCC)OCC)CNC(=O)OC(C)(C)C)(OCC)OCC. The maximum atomic E-state index is 12.3. The summed E-state index contributed by atoms with van der Waals surface area (Å²) in [6.07, 6.45) is 3.19. The van der Waals surface area contributed by atoms with E-state index in [1.54, 1.807) is 0 Å². The Kier molecular flexibility index (Phi) is 19.2. The first-order valence-electron chi connectivity index (χ1n) is 13.8. The quantitative estimate of drug-likeness (QED) is 0.169. The zero-order valence-electron chi connectivity index (χ0n) is 24.5. The van der Waals surface area contributed by atoms with Crippen molar-refractivity contribution in [2.75, 3.05) is 46.2 Å². The maximum Gasteiger partial charge on any atom is 0.500 e. The van der Waals surface area contributed by atoms with Gasteiger partial charge in [-0.3, -0.25) is 0 Å². The highest BCUT2D eigenvalue weighted by molar-refractivity contribution is 6.61. The third kappa shape index (κ3) is 15.7. The Hall–Kier alpha value is -0.536. The van der Waals surface area contributed by atoms with Crippen molar-refractivity contribution in [3.63, 3.8) is 0 Å². The van der Waals surface area contributed by atoms with Gasteiger partial charge in [0, 0.05) is 58.3 Å². The third-order valence-corrected chi connectivity index (χ3v) is 11.6. The Bertz CT molecular complexity index is 497. The highest BCUT2D eigenvalue weighted by Gasteiger charge is 2.41. The van der Waals surface area contributed by atoms with E-state index >= 15 is 0 Å². The normalized spacial score (nSPS) is 12.8. The van der Waals surface area contributed by atoms with Gasteiger partial charge in [0.2, 0.25) is 0 Å². The number of alkyl carbamates (subject to hydrolysis) is 1. The van der Waals surface area contributed by atoms with E-state index in [-0.39, 0.29) is 5.92 Å². The summed E-state index contributed by atoms with van der Waals surface area (Å²) in [5.74, 6) is 0.255. The highest BCUT2D eigenvalue weighted by atomic mass is 28.4. The zero-order chi connectivity index (χ0) is 27.5. The van der Waals surface area contributed by atoms with Gasteiger partial charge >= 0.3 is 23.7 Å². The van der Waals surface area contributed by atoms with Crippen LogP contribution in [-0.2, 0) is 31.3 Å².